The Morgan fingerprint density at radius 3 is 2.92 bits per heavy atom. The number of methoxy groups -OCH3 is 1. The summed E-state index contributed by atoms with van der Waals surface area (Å²) in [5.41, 5.74) is 0.719. The molecule has 0 saturated heterocycles. The van der Waals surface area contributed by atoms with Gasteiger partial charge in [0, 0.05) is 12.0 Å². The van der Waals surface area contributed by atoms with Gasteiger partial charge < -0.3 is 9.84 Å². The lowest BCUT2D eigenvalue weighted by Crippen LogP contribution is -1.86. The van der Waals surface area contributed by atoms with Gasteiger partial charge in [0.1, 0.15) is 11.5 Å². The van der Waals surface area contributed by atoms with E-state index in [2.05, 4.69) is 5.92 Å². The molecule has 0 spiro atoms. The van der Waals surface area contributed by atoms with Gasteiger partial charge in [0.05, 0.1) is 7.11 Å². The first-order chi connectivity index (χ1) is 5.77. The molecule has 62 valence electrons. The average molecular weight is 162 g/mol. The smallest absolute Gasteiger partial charge is 0.120 e. The molecule has 0 unspecified atom stereocenters. The molecule has 0 amide bonds. The monoisotopic (exact) mass is 162 g/mol. The van der Waals surface area contributed by atoms with Crippen molar-refractivity contribution in [1.82, 2.24) is 0 Å². The van der Waals surface area contributed by atoms with E-state index in [0.717, 1.165) is 5.56 Å². The second-order valence-electron chi connectivity index (χ2n) is 2.38. The predicted octanol–water partition coefficient (Wildman–Crippen LogP) is 1.58. The highest BCUT2D eigenvalue weighted by Gasteiger charge is 2.00. The van der Waals surface area contributed by atoms with E-state index in [1.54, 1.807) is 25.3 Å². The van der Waals surface area contributed by atoms with E-state index in [0.29, 0.717) is 12.2 Å². The molecule has 0 saturated carbocycles. The van der Waals surface area contributed by atoms with Crippen LogP contribution in [0.15, 0.2) is 18.2 Å². The summed E-state index contributed by atoms with van der Waals surface area (Å²) in [5, 5.41) is 9.31. The van der Waals surface area contributed by atoms with Gasteiger partial charge in [-0.15, -0.1) is 12.3 Å². The van der Waals surface area contributed by atoms with Gasteiger partial charge in [0.25, 0.3) is 0 Å². The van der Waals surface area contributed by atoms with Crippen molar-refractivity contribution in [2.45, 2.75) is 6.42 Å². The molecule has 0 fully saturated rings. The van der Waals surface area contributed by atoms with Crippen molar-refractivity contribution in [3.8, 4) is 23.8 Å². The van der Waals surface area contributed by atoms with E-state index >= 15 is 0 Å². The molecule has 2 heteroatoms. The number of phenolic OH excluding ortho intramolecular Hbond substituents is 1. The molecule has 1 N–H and O–H groups in total. The molecule has 0 heterocycles. The molecule has 0 radical (unpaired) electrons. The minimum absolute atomic E-state index is 0.216. The molecule has 12 heavy (non-hydrogen) atoms. The highest BCUT2D eigenvalue weighted by atomic mass is 16.5. The molecular formula is C10H10O2. The second kappa shape index (κ2) is 3.68. The zero-order valence-corrected chi connectivity index (χ0v) is 6.87. The van der Waals surface area contributed by atoms with Crippen molar-refractivity contribution < 1.29 is 9.84 Å². The Labute approximate surface area is 71.8 Å². The van der Waals surface area contributed by atoms with Crippen LogP contribution in [-0.2, 0) is 6.42 Å². The number of terminal acetylenes is 1. The Balaban J connectivity index is 3.01. The summed E-state index contributed by atoms with van der Waals surface area (Å²) in [4.78, 5) is 0. The maximum absolute atomic E-state index is 9.31. The Morgan fingerprint density at radius 2 is 2.33 bits per heavy atom. The van der Waals surface area contributed by atoms with Crippen LogP contribution in [-0.4, -0.2) is 12.2 Å². The van der Waals surface area contributed by atoms with E-state index < -0.39 is 0 Å². The maximum Gasteiger partial charge on any atom is 0.120 e. The van der Waals surface area contributed by atoms with Crippen LogP contribution in [0.25, 0.3) is 0 Å². The molecule has 0 aliphatic heterocycles. The molecule has 0 aliphatic carbocycles. The number of phenols is 1. The number of hydrogen-bond acceptors (Lipinski definition) is 2. The third-order valence-electron chi connectivity index (χ3n) is 1.58. The number of aromatic hydroxyl groups is 1. The first kappa shape index (κ1) is 8.48. The Bertz CT molecular complexity index is 310. The molecular weight excluding hydrogens is 152 g/mol. The van der Waals surface area contributed by atoms with Crippen molar-refractivity contribution in [2.24, 2.45) is 0 Å². The first-order valence-electron chi connectivity index (χ1n) is 3.57. The quantitative estimate of drug-likeness (QED) is 0.669. The van der Waals surface area contributed by atoms with Gasteiger partial charge in [-0.1, -0.05) is 0 Å². The summed E-state index contributed by atoms with van der Waals surface area (Å²) in [6, 6.07) is 5.00. The first-order valence-corrected chi connectivity index (χ1v) is 3.57. The van der Waals surface area contributed by atoms with Gasteiger partial charge in [0.2, 0.25) is 0 Å². The van der Waals surface area contributed by atoms with E-state index in [1.165, 1.54) is 0 Å². The minimum Gasteiger partial charge on any atom is -0.508 e. The topological polar surface area (TPSA) is 29.5 Å². The van der Waals surface area contributed by atoms with Gasteiger partial charge in [-0.25, -0.2) is 0 Å². The summed E-state index contributed by atoms with van der Waals surface area (Å²) in [6.45, 7) is 0. The van der Waals surface area contributed by atoms with E-state index in [9.17, 15) is 5.11 Å². The highest BCUT2D eigenvalue weighted by Crippen LogP contribution is 2.22. The van der Waals surface area contributed by atoms with Crippen molar-refractivity contribution in [2.75, 3.05) is 7.11 Å². The molecule has 2 nitrogen and oxygen atoms in total. The molecule has 1 aromatic rings. The highest BCUT2D eigenvalue weighted by molar-refractivity contribution is 5.40. The third kappa shape index (κ3) is 1.70. The standard InChI is InChI=1S/C10H10O2/c1-3-4-8-7-9(12-2)5-6-10(8)11/h1,5-7,11H,4H2,2H3. The lowest BCUT2D eigenvalue weighted by atomic mass is 10.1. The fourth-order valence-electron chi connectivity index (χ4n) is 0.940. The Morgan fingerprint density at radius 1 is 1.58 bits per heavy atom. The summed E-state index contributed by atoms with van der Waals surface area (Å²) in [6.07, 6.45) is 5.54. The van der Waals surface area contributed by atoms with Crippen LogP contribution in [0, 0.1) is 12.3 Å². The molecule has 0 atom stereocenters. The second-order valence-corrected chi connectivity index (χ2v) is 2.38. The largest absolute Gasteiger partial charge is 0.508 e. The number of benzene rings is 1. The lowest BCUT2D eigenvalue weighted by Gasteiger charge is -2.03. The zero-order chi connectivity index (χ0) is 8.97. The van der Waals surface area contributed by atoms with Crippen LogP contribution in [0.1, 0.15) is 5.56 Å². The molecule has 1 rings (SSSR count). The van der Waals surface area contributed by atoms with Crippen LogP contribution >= 0.6 is 0 Å². The van der Waals surface area contributed by atoms with Gasteiger partial charge in [-0.3, -0.25) is 0 Å². The van der Waals surface area contributed by atoms with Crippen LogP contribution in [0.5, 0.6) is 11.5 Å². The summed E-state index contributed by atoms with van der Waals surface area (Å²) >= 11 is 0. The van der Waals surface area contributed by atoms with Gasteiger partial charge in [0.15, 0.2) is 0 Å². The van der Waals surface area contributed by atoms with Crippen molar-refractivity contribution in [1.29, 1.82) is 0 Å². The summed E-state index contributed by atoms with van der Waals surface area (Å²) in [5.74, 6) is 3.38. The van der Waals surface area contributed by atoms with E-state index in [-0.39, 0.29) is 5.75 Å². The minimum atomic E-state index is 0.216. The third-order valence-corrected chi connectivity index (χ3v) is 1.58. The van der Waals surface area contributed by atoms with Crippen LogP contribution in [0.2, 0.25) is 0 Å². The van der Waals surface area contributed by atoms with E-state index in [4.69, 9.17) is 11.2 Å². The predicted molar refractivity (Wildman–Crippen MR) is 47.2 cm³/mol. The fourth-order valence-corrected chi connectivity index (χ4v) is 0.940. The maximum atomic E-state index is 9.31. The Kier molecular flexibility index (Phi) is 2.60. The molecule has 0 bridgehead atoms. The zero-order valence-electron chi connectivity index (χ0n) is 6.87. The average Bonchev–Trinajstić information content (AvgIpc) is 2.09. The van der Waals surface area contributed by atoms with Crippen molar-refractivity contribution in [3.05, 3.63) is 23.8 Å². The number of hydrogen-bond donors (Lipinski definition) is 1. The molecule has 1 aromatic carbocycles. The van der Waals surface area contributed by atoms with Crippen molar-refractivity contribution >= 4 is 0 Å². The fraction of sp³-hybridized carbons (Fsp3) is 0.200. The normalized spacial score (nSPS) is 9.00. The van der Waals surface area contributed by atoms with Gasteiger partial charge in [-0.2, -0.15) is 0 Å². The van der Waals surface area contributed by atoms with Crippen molar-refractivity contribution in [3.63, 3.8) is 0 Å². The number of rotatable bonds is 2. The van der Waals surface area contributed by atoms with E-state index in [1.807, 2.05) is 0 Å². The van der Waals surface area contributed by atoms with Gasteiger partial charge >= 0.3 is 0 Å². The molecule has 0 aliphatic rings. The molecule has 0 aromatic heterocycles. The SMILES string of the molecule is C#CCc1cc(OC)ccc1O. The number of ether oxygens (including phenoxy) is 1. The lowest BCUT2D eigenvalue weighted by molar-refractivity contribution is 0.411. The Hall–Kier alpha value is -1.62. The van der Waals surface area contributed by atoms with Gasteiger partial charge in [-0.05, 0) is 18.2 Å². The summed E-state index contributed by atoms with van der Waals surface area (Å²) in [7, 11) is 1.58. The van der Waals surface area contributed by atoms with Crippen LogP contribution in [0.3, 0.4) is 0 Å². The van der Waals surface area contributed by atoms with Crippen LogP contribution < -0.4 is 4.74 Å². The summed E-state index contributed by atoms with van der Waals surface area (Å²) < 4.78 is 4.98. The van der Waals surface area contributed by atoms with Crippen LogP contribution in [0.4, 0.5) is 0 Å².